The first-order valence-electron chi connectivity index (χ1n) is 4.66. The van der Waals surface area contributed by atoms with E-state index >= 15 is 0 Å². The molecule has 2 N–H and O–H groups in total. The van der Waals surface area contributed by atoms with Gasteiger partial charge in [0.05, 0.1) is 11.9 Å². The monoisotopic (exact) mass is 215 g/mol. The highest BCUT2D eigenvalue weighted by atomic mass is 16.2. The second kappa shape index (κ2) is 4.39. The lowest BCUT2D eigenvalue weighted by Gasteiger charge is -2.02. The van der Waals surface area contributed by atoms with Crippen LogP contribution in [0.4, 0.5) is 5.69 Å². The third-order valence-electron chi connectivity index (χ3n) is 1.99. The van der Waals surface area contributed by atoms with Gasteiger partial charge in [-0.25, -0.2) is 0 Å². The number of carbonyl (C=O) groups excluding carboxylic acids is 1. The Morgan fingerprint density at radius 3 is 2.94 bits per heavy atom. The van der Waals surface area contributed by atoms with E-state index in [9.17, 15) is 9.59 Å². The van der Waals surface area contributed by atoms with Crippen molar-refractivity contribution >= 4 is 11.6 Å². The molecule has 1 amide bonds. The summed E-state index contributed by atoms with van der Waals surface area (Å²) in [6, 6.07) is 4.70. The maximum absolute atomic E-state index is 11.7. The summed E-state index contributed by atoms with van der Waals surface area (Å²) in [6.45, 7) is 0. The molecule has 0 saturated carbocycles. The van der Waals surface area contributed by atoms with Crippen LogP contribution in [0, 0.1) is 0 Å². The largest absolute Gasteiger partial charge is 0.367 e. The van der Waals surface area contributed by atoms with Gasteiger partial charge < -0.3 is 10.3 Å². The summed E-state index contributed by atoms with van der Waals surface area (Å²) in [5.41, 5.74) is 0.308. The van der Waals surface area contributed by atoms with Gasteiger partial charge in [-0.1, -0.05) is 0 Å². The molecule has 5 heteroatoms. The molecule has 0 atom stereocenters. The molecule has 2 aromatic heterocycles. The molecule has 0 aliphatic carbocycles. The van der Waals surface area contributed by atoms with E-state index in [4.69, 9.17) is 0 Å². The molecular formula is C11H9N3O2. The van der Waals surface area contributed by atoms with E-state index in [0.717, 1.165) is 0 Å². The van der Waals surface area contributed by atoms with Gasteiger partial charge >= 0.3 is 0 Å². The van der Waals surface area contributed by atoms with Crippen molar-refractivity contribution in [1.29, 1.82) is 0 Å². The number of aromatic amines is 1. The Balaban J connectivity index is 2.22. The van der Waals surface area contributed by atoms with Gasteiger partial charge in [0.1, 0.15) is 5.56 Å². The zero-order valence-corrected chi connectivity index (χ0v) is 8.31. The maximum Gasteiger partial charge on any atom is 0.261 e. The Kier molecular flexibility index (Phi) is 2.77. The Bertz CT molecular complexity index is 548. The van der Waals surface area contributed by atoms with Gasteiger partial charge in [-0.2, -0.15) is 0 Å². The Labute approximate surface area is 91.2 Å². The van der Waals surface area contributed by atoms with Gasteiger partial charge in [-0.15, -0.1) is 0 Å². The van der Waals surface area contributed by atoms with Crippen LogP contribution in [0.3, 0.4) is 0 Å². The number of aromatic nitrogens is 2. The summed E-state index contributed by atoms with van der Waals surface area (Å²) < 4.78 is 0. The van der Waals surface area contributed by atoms with Crippen molar-refractivity contribution in [1.82, 2.24) is 9.97 Å². The van der Waals surface area contributed by atoms with Crippen LogP contribution in [0.2, 0.25) is 0 Å². The molecule has 0 saturated heterocycles. The molecule has 0 fully saturated rings. The zero-order valence-electron chi connectivity index (χ0n) is 8.31. The molecule has 2 aromatic rings. The van der Waals surface area contributed by atoms with Crippen LogP contribution in [0.15, 0.2) is 47.8 Å². The molecule has 0 aliphatic heterocycles. The second-order valence-corrected chi connectivity index (χ2v) is 3.12. The highest BCUT2D eigenvalue weighted by Crippen LogP contribution is 2.04. The summed E-state index contributed by atoms with van der Waals surface area (Å²) in [5.74, 6) is -0.449. The topological polar surface area (TPSA) is 74.8 Å². The smallest absolute Gasteiger partial charge is 0.261 e. The lowest BCUT2D eigenvalue weighted by atomic mass is 10.2. The van der Waals surface area contributed by atoms with E-state index in [2.05, 4.69) is 15.3 Å². The summed E-state index contributed by atoms with van der Waals surface area (Å²) in [4.78, 5) is 29.6. The molecule has 0 radical (unpaired) electrons. The van der Waals surface area contributed by atoms with Crippen LogP contribution in [0.25, 0.3) is 0 Å². The molecule has 0 unspecified atom stereocenters. The van der Waals surface area contributed by atoms with E-state index in [1.165, 1.54) is 24.7 Å². The van der Waals surface area contributed by atoms with Gasteiger partial charge in [0.15, 0.2) is 5.43 Å². The maximum atomic E-state index is 11.7. The third-order valence-corrected chi connectivity index (χ3v) is 1.99. The highest BCUT2D eigenvalue weighted by molar-refractivity contribution is 6.03. The minimum Gasteiger partial charge on any atom is -0.367 e. The fourth-order valence-electron chi connectivity index (χ4n) is 1.23. The van der Waals surface area contributed by atoms with Gasteiger partial charge in [-0.3, -0.25) is 14.6 Å². The number of rotatable bonds is 2. The van der Waals surface area contributed by atoms with Crippen molar-refractivity contribution in [3.05, 3.63) is 58.8 Å². The Morgan fingerprint density at radius 2 is 2.25 bits per heavy atom. The van der Waals surface area contributed by atoms with Gasteiger partial charge in [0.25, 0.3) is 5.91 Å². The number of pyridine rings is 2. The van der Waals surface area contributed by atoms with Crippen LogP contribution in [0.1, 0.15) is 10.4 Å². The lowest BCUT2D eigenvalue weighted by Crippen LogP contribution is -2.20. The summed E-state index contributed by atoms with van der Waals surface area (Å²) >= 11 is 0. The van der Waals surface area contributed by atoms with E-state index in [1.807, 2.05) is 0 Å². The average molecular weight is 215 g/mol. The SMILES string of the molecule is O=C(Nc1cccnc1)c1c[nH]ccc1=O. The number of hydrogen-bond acceptors (Lipinski definition) is 3. The van der Waals surface area contributed by atoms with E-state index in [-0.39, 0.29) is 11.0 Å². The first kappa shape index (κ1) is 10.1. The molecule has 0 aromatic carbocycles. The highest BCUT2D eigenvalue weighted by Gasteiger charge is 2.09. The minimum absolute atomic E-state index is 0.0753. The van der Waals surface area contributed by atoms with E-state index in [0.29, 0.717) is 5.69 Å². The number of H-pyrrole nitrogens is 1. The van der Waals surface area contributed by atoms with E-state index < -0.39 is 5.91 Å². The van der Waals surface area contributed by atoms with Crippen molar-refractivity contribution in [3.8, 4) is 0 Å². The lowest BCUT2D eigenvalue weighted by molar-refractivity contribution is 0.102. The number of carbonyl (C=O) groups is 1. The predicted molar refractivity (Wildman–Crippen MR) is 59.3 cm³/mol. The van der Waals surface area contributed by atoms with Crippen LogP contribution in [-0.2, 0) is 0 Å². The number of amides is 1. The molecule has 80 valence electrons. The molecular weight excluding hydrogens is 206 g/mol. The molecule has 5 nitrogen and oxygen atoms in total. The van der Waals surface area contributed by atoms with Gasteiger partial charge in [0, 0.05) is 24.7 Å². The molecule has 0 aliphatic rings. The van der Waals surface area contributed by atoms with Crippen molar-refractivity contribution in [2.24, 2.45) is 0 Å². The second-order valence-electron chi connectivity index (χ2n) is 3.12. The third kappa shape index (κ3) is 2.14. The summed E-state index contributed by atoms with van der Waals surface area (Å²) in [6.07, 6.45) is 5.96. The van der Waals surface area contributed by atoms with Crippen LogP contribution in [0.5, 0.6) is 0 Å². The average Bonchev–Trinajstić information content (AvgIpc) is 2.31. The van der Waals surface area contributed by atoms with Crippen molar-refractivity contribution in [2.75, 3.05) is 5.32 Å². The molecule has 2 heterocycles. The minimum atomic E-state index is -0.449. The van der Waals surface area contributed by atoms with Crippen LogP contribution >= 0.6 is 0 Å². The van der Waals surface area contributed by atoms with Crippen molar-refractivity contribution < 1.29 is 4.79 Å². The van der Waals surface area contributed by atoms with E-state index in [1.54, 1.807) is 18.3 Å². The van der Waals surface area contributed by atoms with Crippen LogP contribution < -0.4 is 10.7 Å². The van der Waals surface area contributed by atoms with Crippen LogP contribution in [-0.4, -0.2) is 15.9 Å². The zero-order chi connectivity index (χ0) is 11.4. The predicted octanol–water partition coefficient (Wildman–Crippen LogP) is 1.02. The fraction of sp³-hybridized carbons (Fsp3) is 0. The van der Waals surface area contributed by atoms with Gasteiger partial charge in [-0.05, 0) is 12.1 Å². The quantitative estimate of drug-likeness (QED) is 0.785. The molecule has 0 spiro atoms. The summed E-state index contributed by atoms with van der Waals surface area (Å²) in [5, 5.41) is 2.58. The van der Waals surface area contributed by atoms with Crippen molar-refractivity contribution in [3.63, 3.8) is 0 Å². The number of nitrogens with one attached hydrogen (secondary N) is 2. The van der Waals surface area contributed by atoms with Crippen molar-refractivity contribution in [2.45, 2.75) is 0 Å². The Morgan fingerprint density at radius 1 is 1.38 bits per heavy atom. The number of nitrogens with zero attached hydrogens (tertiary/aromatic N) is 1. The first-order chi connectivity index (χ1) is 7.77. The summed E-state index contributed by atoms with van der Waals surface area (Å²) in [7, 11) is 0. The van der Waals surface area contributed by atoms with Gasteiger partial charge in [0.2, 0.25) is 0 Å². The standard InChI is InChI=1S/C11H9N3O2/c15-10-3-5-13-7-9(10)11(16)14-8-2-1-4-12-6-8/h1-7H,(H,13,15)(H,14,16). The normalized spacial score (nSPS) is 9.75. The molecule has 0 bridgehead atoms. The number of anilines is 1. The fourth-order valence-corrected chi connectivity index (χ4v) is 1.23. The molecule has 2 rings (SSSR count). The first-order valence-corrected chi connectivity index (χ1v) is 4.66. The molecule has 16 heavy (non-hydrogen) atoms. The Hall–Kier alpha value is -2.43. The number of hydrogen-bond donors (Lipinski definition) is 2.